The van der Waals surface area contributed by atoms with Gasteiger partial charge in [-0.25, -0.2) is 0 Å². The molecule has 0 saturated carbocycles. The molecule has 0 unspecified atom stereocenters. The van der Waals surface area contributed by atoms with Crippen molar-refractivity contribution in [2.75, 3.05) is 11.4 Å². The van der Waals surface area contributed by atoms with Crippen LogP contribution in [-0.2, 0) is 16.1 Å². The zero-order valence-electron chi connectivity index (χ0n) is 21.6. The molecule has 1 aliphatic heterocycles. The standard InChI is InChI=1S/C30H35N3O3/c1-5-21(3)31-29(35)22(4)33(19-23-11-6-10-20(2)18-23)27(34)16-9-17-32-26-15-8-13-24-12-7-14-25(28(24)26)30(32)36/h6-8,10-15,18,21-22H,5,9,16-17,19H2,1-4H3,(H,31,35)/t21-,22-/m1/s1. The van der Waals surface area contributed by atoms with Crippen molar-refractivity contribution >= 4 is 34.2 Å². The first-order chi connectivity index (χ1) is 17.3. The number of nitrogens with zero attached hydrogens (tertiary/aromatic N) is 2. The van der Waals surface area contributed by atoms with E-state index in [1.165, 1.54) is 0 Å². The van der Waals surface area contributed by atoms with Crippen molar-refractivity contribution in [3.8, 4) is 0 Å². The van der Waals surface area contributed by atoms with E-state index in [-0.39, 0.29) is 30.2 Å². The molecule has 2 atom stereocenters. The Morgan fingerprint density at radius 1 is 1.03 bits per heavy atom. The van der Waals surface area contributed by atoms with Crippen LogP contribution in [0, 0.1) is 6.92 Å². The predicted octanol–water partition coefficient (Wildman–Crippen LogP) is 5.22. The van der Waals surface area contributed by atoms with E-state index in [1.807, 2.05) is 81.4 Å². The summed E-state index contributed by atoms with van der Waals surface area (Å²) in [5.41, 5.74) is 3.71. The minimum Gasteiger partial charge on any atom is -0.352 e. The molecule has 0 spiro atoms. The predicted molar refractivity (Wildman–Crippen MR) is 144 cm³/mol. The van der Waals surface area contributed by atoms with Crippen molar-refractivity contribution in [2.45, 2.75) is 65.6 Å². The number of anilines is 1. The lowest BCUT2D eigenvalue weighted by molar-refractivity contribution is -0.140. The molecule has 0 bridgehead atoms. The van der Waals surface area contributed by atoms with Gasteiger partial charge in [-0.15, -0.1) is 0 Å². The van der Waals surface area contributed by atoms with Gasteiger partial charge < -0.3 is 15.1 Å². The van der Waals surface area contributed by atoms with Crippen LogP contribution in [0.1, 0.15) is 61.5 Å². The summed E-state index contributed by atoms with van der Waals surface area (Å²) >= 11 is 0. The molecule has 1 aliphatic rings. The largest absolute Gasteiger partial charge is 0.352 e. The lowest BCUT2D eigenvalue weighted by Gasteiger charge is -2.30. The summed E-state index contributed by atoms with van der Waals surface area (Å²) in [6.45, 7) is 8.59. The molecule has 0 aromatic heterocycles. The van der Waals surface area contributed by atoms with Crippen LogP contribution in [0.3, 0.4) is 0 Å². The Kier molecular flexibility index (Phi) is 7.73. The summed E-state index contributed by atoms with van der Waals surface area (Å²) in [6.07, 6.45) is 1.59. The Morgan fingerprint density at radius 2 is 1.75 bits per heavy atom. The molecule has 1 N–H and O–H groups in total. The number of benzene rings is 3. The van der Waals surface area contributed by atoms with Gasteiger partial charge in [-0.2, -0.15) is 0 Å². The molecule has 0 saturated heterocycles. The second kappa shape index (κ2) is 10.9. The number of hydrogen-bond acceptors (Lipinski definition) is 3. The van der Waals surface area contributed by atoms with Gasteiger partial charge in [0.15, 0.2) is 0 Å². The summed E-state index contributed by atoms with van der Waals surface area (Å²) in [5.74, 6) is -0.264. The zero-order valence-corrected chi connectivity index (χ0v) is 21.6. The van der Waals surface area contributed by atoms with Crippen molar-refractivity contribution < 1.29 is 14.4 Å². The van der Waals surface area contributed by atoms with E-state index in [4.69, 9.17) is 0 Å². The lowest BCUT2D eigenvalue weighted by atomic mass is 10.1. The van der Waals surface area contributed by atoms with Crippen LogP contribution in [0.4, 0.5) is 5.69 Å². The van der Waals surface area contributed by atoms with E-state index in [9.17, 15) is 14.4 Å². The third kappa shape index (κ3) is 5.27. The van der Waals surface area contributed by atoms with Crippen molar-refractivity contribution in [2.24, 2.45) is 0 Å². The van der Waals surface area contributed by atoms with Gasteiger partial charge in [-0.3, -0.25) is 14.4 Å². The molecule has 3 aromatic rings. The van der Waals surface area contributed by atoms with E-state index >= 15 is 0 Å². The summed E-state index contributed by atoms with van der Waals surface area (Å²) in [7, 11) is 0. The quantitative estimate of drug-likeness (QED) is 0.428. The lowest BCUT2D eigenvalue weighted by Crippen LogP contribution is -2.49. The van der Waals surface area contributed by atoms with Crippen LogP contribution in [0.5, 0.6) is 0 Å². The Balaban J connectivity index is 1.46. The second-order valence-corrected chi connectivity index (χ2v) is 9.75. The van der Waals surface area contributed by atoms with Gasteiger partial charge in [-0.1, -0.05) is 61.0 Å². The van der Waals surface area contributed by atoms with Crippen molar-refractivity contribution in [3.63, 3.8) is 0 Å². The number of amides is 3. The van der Waals surface area contributed by atoms with Gasteiger partial charge in [0.25, 0.3) is 5.91 Å². The Hall–Kier alpha value is -3.67. The molecule has 4 rings (SSSR count). The maximum Gasteiger partial charge on any atom is 0.258 e. The van der Waals surface area contributed by atoms with Crippen LogP contribution in [0.15, 0.2) is 60.7 Å². The van der Waals surface area contributed by atoms with E-state index in [0.29, 0.717) is 25.1 Å². The first-order valence-electron chi connectivity index (χ1n) is 12.8. The average molecular weight is 486 g/mol. The highest BCUT2D eigenvalue weighted by Crippen LogP contribution is 2.37. The molecule has 0 radical (unpaired) electrons. The smallest absolute Gasteiger partial charge is 0.258 e. The highest BCUT2D eigenvalue weighted by atomic mass is 16.2. The maximum atomic E-state index is 13.4. The van der Waals surface area contributed by atoms with Gasteiger partial charge in [0, 0.05) is 36.5 Å². The topological polar surface area (TPSA) is 69.7 Å². The minimum atomic E-state index is -0.599. The minimum absolute atomic E-state index is 0.0211. The van der Waals surface area contributed by atoms with Gasteiger partial charge in [0.05, 0.1) is 5.69 Å². The normalized spacial score (nSPS) is 14.1. The third-order valence-corrected chi connectivity index (χ3v) is 7.03. The molecule has 36 heavy (non-hydrogen) atoms. The monoisotopic (exact) mass is 485 g/mol. The molecule has 0 fully saturated rings. The highest BCUT2D eigenvalue weighted by molar-refractivity contribution is 6.25. The Morgan fingerprint density at radius 3 is 2.47 bits per heavy atom. The summed E-state index contributed by atoms with van der Waals surface area (Å²) < 4.78 is 0. The van der Waals surface area contributed by atoms with Crippen molar-refractivity contribution in [1.29, 1.82) is 0 Å². The first-order valence-corrected chi connectivity index (χ1v) is 12.8. The summed E-state index contributed by atoms with van der Waals surface area (Å²) in [6, 6.07) is 19.2. The number of carbonyl (C=O) groups excluding carboxylic acids is 3. The average Bonchev–Trinajstić information content (AvgIpc) is 3.14. The molecule has 188 valence electrons. The molecule has 6 heteroatoms. The number of hydrogen-bond donors (Lipinski definition) is 1. The van der Waals surface area contributed by atoms with Crippen LogP contribution >= 0.6 is 0 Å². The van der Waals surface area contributed by atoms with E-state index in [2.05, 4.69) is 5.32 Å². The SMILES string of the molecule is CC[C@@H](C)NC(=O)[C@@H](C)N(Cc1cccc(C)c1)C(=O)CCCN1C(=O)c2cccc3cccc1c23. The van der Waals surface area contributed by atoms with E-state index in [0.717, 1.165) is 34.0 Å². The third-order valence-electron chi connectivity index (χ3n) is 7.03. The number of rotatable bonds is 10. The van der Waals surface area contributed by atoms with Crippen LogP contribution in [-0.4, -0.2) is 41.2 Å². The molecule has 0 aliphatic carbocycles. The highest BCUT2D eigenvalue weighted by Gasteiger charge is 2.30. The van der Waals surface area contributed by atoms with Gasteiger partial charge in [0.1, 0.15) is 6.04 Å². The number of aryl methyl sites for hydroxylation is 1. The fourth-order valence-corrected chi connectivity index (χ4v) is 4.79. The van der Waals surface area contributed by atoms with Gasteiger partial charge >= 0.3 is 0 Å². The van der Waals surface area contributed by atoms with Crippen LogP contribution in [0.25, 0.3) is 10.8 Å². The van der Waals surface area contributed by atoms with Crippen molar-refractivity contribution in [3.05, 3.63) is 77.4 Å². The molecule has 3 aromatic carbocycles. The van der Waals surface area contributed by atoms with Crippen molar-refractivity contribution in [1.82, 2.24) is 10.2 Å². The number of nitrogens with one attached hydrogen (secondary N) is 1. The summed E-state index contributed by atoms with van der Waals surface area (Å²) in [5, 5.41) is 5.03. The Bertz CT molecular complexity index is 1280. The second-order valence-electron chi connectivity index (χ2n) is 9.75. The van der Waals surface area contributed by atoms with Crippen LogP contribution < -0.4 is 10.2 Å². The van der Waals surface area contributed by atoms with E-state index < -0.39 is 6.04 Å². The molecular weight excluding hydrogens is 450 g/mol. The first kappa shape index (κ1) is 25.4. The van der Waals surface area contributed by atoms with Gasteiger partial charge in [0.2, 0.25) is 11.8 Å². The fourth-order valence-electron chi connectivity index (χ4n) is 4.79. The molecule has 3 amide bonds. The summed E-state index contributed by atoms with van der Waals surface area (Å²) in [4.78, 5) is 42.9. The van der Waals surface area contributed by atoms with E-state index in [1.54, 1.807) is 16.7 Å². The maximum absolute atomic E-state index is 13.4. The van der Waals surface area contributed by atoms with Crippen LogP contribution in [0.2, 0.25) is 0 Å². The molecular formula is C30H35N3O3. The number of carbonyl (C=O) groups is 3. The fraction of sp³-hybridized carbons (Fsp3) is 0.367. The van der Waals surface area contributed by atoms with Gasteiger partial charge in [-0.05, 0) is 56.7 Å². The zero-order chi connectivity index (χ0) is 25.8. The molecule has 1 heterocycles. The Labute approximate surface area is 213 Å². The molecule has 6 nitrogen and oxygen atoms in total.